The number of para-hydroxylation sites is 2. The number of piperazine rings is 1. The number of rotatable bonds is 4. The van der Waals surface area contributed by atoms with Crippen LogP contribution in [0.2, 0.25) is 0 Å². The highest BCUT2D eigenvalue weighted by Gasteiger charge is 2.31. The third-order valence-corrected chi connectivity index (χ3v) is 9.11. The summed E-state index contributed by atoms with van der Waals surface area (Å²) in [4.78, 5) is 6.72. The summed E-state index contributed by atoms with van der Waals surface area (Å²) in [6.07, 6.45) is 1.67. The van der Waals surface area contributed by atoms with Crippen LogP contribution in [0.3, 0.4) is 0 Å². The van der Waals surface area contributed by atoms with Crippen LogP contribution < -0.4 is 5.32 Å². The van der Waals surface area contributed by atoms with Crippen LogP contribution in [0.25, 0.3) is 10.9 Å². The Morgan fingerprint density at radius 1 is 1.03 bits per heavy atom. The topological polar surface area (TPSA) is 112 Å². The molecule has 1 N–H and O–H groups in total. The number of benzene rings is 2. The number of sulfonamides is 2. The van der Waals surface area contributed by atoms with Gasteiger partial charge in [0.05, 0.1) is 17.7 Å². The predicted octanol–water partition coefficient (Wildman–Crippen LogP) is 2.06. The Kier molecular flexibility index (Phi) is 5.44. The molecule has 0 spiro atoms. The second kappa shape index (κ2) is 8.17. The van der Waals surface area contributed by atoms with Gasteiger partial charge in [0.25, 0.3) is 10.0 Å². The van der Waals surface area contributed by atoms with E-state index in [0.29, 0.717) is 43.2 Å². The highest BCUT2D eigenvalue weighted by Crippen LogP contribution is 2.28. The van der Waals surface area contributed by atoms with Crippen molar-refractivity contribution in [2.24, 2.45) is 4.40 Å². The van der Waals surface area contributed by atoms with Crippen molar-refractivity contribution in [3.63, 3.8) is 0 Å². The number of anilines is 1. The number of hydrogen-bond acceptors (Lipinski definition) is 7. The summed E-state index contributed by atoms with van der Waals surface area (Å²) in [5.74, 6) is 0.332. The molecule has 0 radical (unpaired) electrons. The van der Waals surface area contributed by atoms with Crippen molar-refractivity contribution in [3.05, 3.63) is 60.3 Å². The van der Waals surface area contributed by atoms with Crippen molar-refractivity contribution in [2.45, 2.75) is 16.7 Å². The first kappa shape index (κ1) is 22.0. The molecule has 33 heavy (non-hydrogen) atoms. The number of hydrogen-bond donors (Lipinski definition) is 1. The minimum atomic E-state index is -3.75. The Hall–Kier alpha value is -2.86. The number of nitrogens with one attached hydrogen (secondary N) is 1. The van der Waals surface area contributed by atoms with E-state index in [2.05, 4.69) is 14.7 Å². The van der Waals surface area contributed by atoms with Crippen LogP contribution in [-0.2, 0) is 20.0 Å². The lowest BCUT2D eigenvalue weighted by Gasteiger charge is -2.34. The van der Waals surface area contributed by atoms with E-state index in [1.807, 2.05) is 24.0 Å². The average Bonchev–Trinajstić information content (AvgIpc) is 2.78. The first-order valence-corrected chi connectivity index (χ1v) is 13.4. The van der Waals surface area contributed by atoms with Gasteiger partial charge < -0.3 is 5.32 Å². The molecule has 5 rings (SSSR count). The second-order valence-corrected chi connectivity index (χ2v) is 11.6. The van der Waals surface area contributed by atoms with Gasteiger partial charge in [0.2, 0.25) is 10.0 Å². The Balaban J connectivity index is 1.31. The quantitative estimate of drug-likeness (QED) is 0.602. The third kappa shape index (κ3) is 4.12. The van der Waals surface area contributed by atoms with E-state index in [-0.39, 0.29) is 16.3 Å². The van der Waals surface area contributed by atoms with Crippen molar-refractivity contribution in [3.8, 4) is 0 Å². The van der Waals surface area contributed by atoms with Crippen molar-refractivity contribution in [1.82, 2.24) is 14.2 Å². The first-order chi connectivity index (χ1) is 15.7. The van der Waals surface area contributed by atoms with Gasteiger partial charge in [0, 0.05) is 37.8 Å². The van der Waals surface area contributed by atoms with E-state index in [1.165, 1.54) is 10.4 Å². The summed E-state index contributed by atoms with van der Waals surface area (Å²) >= 11 is 0. The van der Waals surface area contributed by atoms with Crippen LogP contribution in [0.5, 0.6) is 0 Å². The van der Waals surface area contributed by atoms with Crippen LogP contribution >= 0.6 is 0 Å². The molecule has 0 atom stereocenters. The van der Waals surface area contributed by atoms with E-state index < -0.39 is 20.0 Å². The second-order valence-electron chi connectivity index (χ2n) is 8.15. The minimum absolute atomic E-state index is 0.156. The Labute approximate surface area is 192 Å². The fourth-order valence-corrected chi connectivity index (χ4v) is 6.89. The largest absolute Gasteiger partial charge is 0.341 e. The number of amidine groups is 1. The maximum atomic E-state index is 13.4. The molecular formula is C22H23N5O4S2. The molecule has 1 fully saturated rings. The van der Waals surface area contributed by atoms with Gasteiger partial charge in [-0.05, 0) is 36.8 Å². The Bertz CT molecular complexity index is 1480. The number of nitrogens with zero attached hydrogens (tertiary/aromatic N) is 4. The fraction of sp³-hybridized carbons (Fsp3) is 0.273. The summed E-state index contributed by atoms with van der Waals surface area (Å²) < 4.78 is 57.0. The molecule has 9 nitrogen and oxygen atoms in total. The van der Waals surface area contributed by atoms with Gasteiger partial charge in [0.1, 0.15) is 15.6 Å². The number of aryl methyl sites for hydroxylation is 1. The molecular weight excluding hydrogens is 462 g/mol. The maximum absolute atomic E-state index is 13.4. The van der Waals surface area contributed by atoms with Crippen LogP contribution in [0.4, 0.5) is 5.69 Å². The van der Waals surface area contributed by atoms with Gasteiger partial charge in [-0.25, -0.2) is 8.42 Å². The number of pyridine rings is 1. The standard InChI is InChI=1S/C22H23N5O4S2/c1-16-13-17-5-4-8-20(22(17)23-14-16)33(30,31)27-11-9-26(10-12-27)15-21-24-18-6-2-3-7-19(18)32(28,29)25-21/h2-8,13-14H,9-12,15H2,1H3,(H,24,25). The fourth-order valence-electron chi connectivity index (χ4n) is 4.17. The van der Waals surface area contributed by atoms with Crippen LogP contribution in [-0.4, -0.2) is 69.6 Å². The molecule has 172 valence electrons. The van der Waals surface area contributed by atoms with Crippen molar-refractivity contribution >= 4 is 42.5 Å². The van der Waals surface area contributed by atoms with Gasteiger partial charge in [-0.15, -0.1) is 4.40 Å². The van der Waals surface area contributed by atoms with Gasteiger partial charge in [-0.1, -0.05) is 24.3 Å². The predicted molar refractivity (Wildman–Crippen MR) is 126 cm³/mol. The van der Waals surface area contributed by atoms with E-state index in [4.69, 9.17) is 0 Å². The molecule has 2 aliphatic heterocycles. The average molecular weight is 486 g/mol. The minimum Gasteiger partial charge on any atom is -0.341 e. The molecule has 0 unspecified atom stereocenters. The molecule has 2 aliphatic rings. The molecule has 0 amide bonds. The summed E-state index contributed by atoms with van der Waals surface area (Å²) in [5, 5.41) is 3.87. The molecule has 0 bridgehead atoms. The van der Waals surface area contributed by atoms with Gasteiger partial charge in [0.15, 0.2) is 0 Å². The highest BCUT2D eigenvalue weighted by molar-refractivity contribution is 7.90. The summed E-state index contributed by atoms with van der Waals surface area (Å²) in [6.45, 7) is 3.71. The van der Waals surface area contributed by atoms with Crippen molar-refractivity contribution in [1.29, 1.82) is 0 Å². The lowest BCUT2D eigenvalue weighted by atomic mass is 10.2. The molecule has 1 saturated heterocycles. The molecule has 11 heteroatoms. The van der Waals surface area contributed by atoms with Gasteiger partial charge >= 0.3 is 0 Å². The lowest BCUT2D eigenvalue weighted by Crippen LogP contribution is -2.50. The zero-order chi connectivity index (χ0) is 23.2. The molecule has 2 aromatic carbocycles. The number of fused-ring (bicyclic) bond motifs is 2. The summed E-state index contributed by atoms with van der Waals surface area (Å²) in [6, 6.07) is 13.7. The van der Waals surface area contributed by atoms with E-state index in [0.717, 1.165) is 10.9 Å². The van der Waals surface area contributed by atoms with Crippen LogP contribution in [0.1, 0.15) is 5.56 Å². The Morgan fingerprint density at radius 2 is 1.79 bits per heavy atom. The van der Waals surface area contributed by atoms with Crippen molar-refractivity contribution in [2.75, 3.05) is 38.0 Å². The zero-order valence-corrected chi connectivity index (χ0v) is 19.6. The highest BCUT2D eigenvalue weighted by atomic mass is 32.2. The van der Waals surface area contributed by atoms with Gasteiger partial charge in [-0.3, -0.25) is 9.88 Å². The molecule has 3 heterocycles. The first-order valence-electron chi connectivity index (χ1n) is 10.5. The zero-order valence-electron chi connectivity index (χ0n) is 18.0. The monoisotopic (exact) mass is 485 g/mol. The SMILES string of the molecule is Cc1cnc2c(S(=O)(=O)N3CCN(CC4=NS(=O)(=O)c5ccccc5N4)CC3)cccc2c1. The van der Waals surface area contributed by atoms with Crippen LogP contribution in [0.15, 0.2) is 68.9 Å². The molecule has 0 aliphatic carbocycles. The van der Waals surface area contributed by atoms with Gasteiger partial charge in [-0.2, -0.15) is 12.7 Å². The van der Waals surface area contributed by atoms with E-state index >= 15 is 0 Å². The van der Waals surface area contributed by atoms with E-state index in [9.17, 15) is 16.8 Å². The number of aromatic nitrogens is 1. The molecule has 1 aromatic heterocycles. The lowest BCUT2D eigenvalue weighted by molar-refractivity contribution is 0.209. The normalized spacial score (nSPS) is 19.0. The maximum Gasteiger partial charge on any atom is 0.286 e. The van der Waals surface area contributed by atoms with Crippen LogP contribution in [0, 0.1) is 6.92 Å². The Morgan fingerprint density at radius 3 is 2.58 bits per heavy atom. The molecule has 3 aromatic rings. The smallest absolute Gasteiger partial charge is 0.286 e. The molecule has 0 saturated carbocycles. The van der Waals surface area contributed by atoms with Crippen molar-refractivity contribution < 1.29 is 16.8 Å². The summed E-state index contributed by atoms with van der Waals surface area (Å²) in [7, 11) is -7.46. The van der Waals surface area contributed by atoms with E-state index in [1.54, 1.807) is 36.5 Å². The third-order valence-electron chi connectivity index (χ3n) is 5.81. The summed E-state index contributed by atoms with van der Waals surface area (Å²) in [5.41, 5.74) is 1.94.